The number of alkyl halides is 2. The van der Waals surface area contributed by atoms with Gasteiger partial charge in [0.05, 0.1) is 16.9 Å². The van der Waals surface area contributed by atoms with Crippen LogP contribution in [0.15, 0.2) is 60.8 Å². The number of amides is 1. The van der Waals surface area contributed by atoms with Crippen LogP contribution in [-0.2, 0) is 6.42 Å². The molecule has 3 rings (SSSR count). The number of aryl methyl sites for hydroxylation is 2. The molecule has 0 saturated carbocycles. The zero-order valence-corrected chi connectivity index (χ0v) is 15.4. The molecule has 3 aromatic rings. The number of carbonyl (C=O) groups is 1. The Bertz CT molecular complexity index is 926. The Hall–Kier alpha value is -3.22. The van der Waals surface area contributed by atoms with E-state index in [4.69, 9.17) is 0 Å². The van der Waals surface area contributed by atoms with E-state index in [9.17, 15) is 13.6 Å². The minimum Gasteiger partial charge on any atom is -0.434 e. The quantitative estimate of drug-likeness (QED) is 0.593. The monoisotopic (exact) mass is 385 g/mol. The Morgan fingerprint density at radius 3 is 2.61 bits per heavy atom. The van der Waals surface area contributed by atoms with Gasteiger partial charge < -0.3 is 10.1 Å². The van der Waals surface area contributed by atoms with Crippen LogP contribution < -0.4 is 10.1 Å². The highest BCUT2D eigenvalue weighted by molar-refractivity contribution is 5.96. The lowest BCUT2D eigenvalue weighted by Crippen LogP contribution is -2.25. The first kappa shape index (κ1) is 19.5. The van der Waals surface area contributed by atoms with Crippen molar-refractivity contribution < 1.29 is 18.3 Å². The molecule has 0 atom stereocenters. The summed E-state index contributed by atoms with van der Waals surface area (Å²) in [6, 6.07) is 15.8. The van der Waals surface area contributed by atoms with Crippen molar-refractivity contribution >= 4 is 5.91 Å². The summed E-state index contributed by atoms with van der Waals surface area (Å²) >= 11 is 0. The highest BCUT2D eigenvalue weighted by atomic mass is 19.3. The van der Waals surface area contributed by atoms with E-state index < -0.39 is 12.5 Å². The van der Waals surface area contributed by atoms with E-state index in [1.165, 1.54) is 12.1 Å². The van der Waals surface area contributed by atoms with Crippen LogP contribution in [0.1, 0.15) is 28.0 Å². The highest BCUT2D eigenvalue weighted by Gasteiger charge is 2.15. The van der Waals surface area contributed by atoms with E-state index in [2.05, 4.69) is 15.2 Å². The number of halogens is 2. The molecule has 1 aromatic heterocycles. The van der Waals surface area contributed by atoms with E-state index in [0.717, 1.165) is 23.4 Å². The Morgan fingerprint density at radius 2 is 1.86 bits per heavy atom. The smallest absolute Gasteiger partial charge is 0.387 e. The van der Waals surface area contributed by atoms with Crippen molar-refractivity contribution in [2.24, 2.45) is 0 Å². The van der Waals surface area contributed by atoms with Crippen molar-refractivity contribution in [3.63, 3.8) is 0 Å². The Kier molecular flexibility index (Phi) is 6.37. The lowest BCUT2D eigenvalue weighted by atomic mass is 10.1. The summed E-state index contributed by atoms with van der Waals surface area (Å²) < 4.78 is 31.1. The summed E-state index contributed by atoms with van der Waals surface area (Å²) in [7, 11) is 0. The van der Waals surface area contributed by atoms with Gasteiger partial charge in [-0.3, -0.25) is 4.79 Å². The maximum absolute atomic E-state index is 12.5. The lowest BCUT2D eigenvalue weighted by molar-refractivity contribution is -0.0501. The molecule has 146 valence electrons. The van der Waals surface area contributed by atoms with Crippen molar-refractivity contribution in [2.45, 2.75) is 26.4 Å². The number of hydrogen-bond acceptors (Lipinski definition) is 3. The first-order chi connectivity index (χ1) is 13.5. The standard InChI is InChI=1S/C21H21F2N3O2/c1-15-16(14-26(25-15)17-9-3-2-4-10-17)8-7-13-24-20(27)18-11-5-6-12-19(18)28-21(22)23/h2-6,9-12,14,21H,7-8,13H2,1H3,(H,24,27). The van der Waals surface area contributed by atoms with Crippen LogP contribution in [0, 0.1) is 6.92 Å². The summed E-state index contributed by atoms with van der Waals surface area (Å²) in [6.45, 7) is -0.610. The van der Waals surface area contributed by atoms with Gasteiger partial charge >= 0.3 is 6.61 Å². The van der Waals surface area contributed by atoms with Gasteiger partial charge in [-0.1, -0.05) is 30.3 Å². The van der Waals surface area contributed by atoms with E-state index >= 15 is 0 Å². The number of para-hydroxylation sites is 2. The summed E-state index contributed by atoms with van der Waals surface area (Å²) in [5.74, 6) is -0.567. The van der Waals surface area contributed by atoms with Crippen LogP contribution in [0.25, 0.3) is 5.69 Å². The second kappa shape index (κ2) is 9.12. The molecule has 1 amide bonds. The molecule has 0 fully saturated rings. The Balaban J connectivity index is 1.54. The normalized spacial score (nSPS) is 10.9. The fourth-order valence-electron chi connectivity index (χ4n) is 2.88. The van der Waals surface area contributed by atoms with Gasteiger partial charge in [-0.25, -0.2) is 4.68 Å². The number of aromatic nitrogens is 2. The SMILES string of the molecule is Cc1nn(-c2ccccc2)cc1CCCNC(=O)c1ccccc1OC(F)F. The van der Waals surface area contributed by atoms with Crippen molar-refractivity contribution in [1.29, 1.82) is 0 Å². The van der Waals surface area contributed by atoms with Crippen LogP contribution in [0.3, 0.4) is 0 Å². The topological polar surface area (TPSA) is 56.2 Å². The molecule has 0 bridgehead atoms. The van der Waals surface area contributed by atoms with Crippen molar-refractivity contribution in [3.05, 3.63) is 77.6 Å². The minimum absolute atomic E-state index is 0.0934. The molecule has 0 aliphatic heterocycles. The average molecular weight is 385 g/mol. The number of carbonyl (C=O) groups excluding carboxylic acids is 1. The number of rotatable bonds is 8. The van der Waals surface area contributed by atoms with Gasteiger partial charge in [0, 0.05) is 12.7 Å². The molecular weight excluding hydrogens is 364 g/mol. The molecule has 28 heavy (non-hydrogen) atoms. The van der Waals surface area contributed by atoms with Gasteiger partial charge in [0.25, 0.3) is 5.91 Å². The maximum Gasteiger partial charge on any atom is 0.387 e. The van der Waals surface area contributed by atoms with Crippen molar-refractivity contribution in [1.82, 2.24) is 15.1 Å². The number of hydrogen-bond donors (Lipinski definition) is 1. The second-order valence-corrected chi connectivity index (χ2v) is 6.25. The van der Waals surface area contributed by atoms with Gasteiger partial charge in [0.15, 0.2) is 0 Å². The van der Waals surface area contributed by atoms with Crippen molar-refractivity contribution in [2.75, 3.05) is 6.54 Å². The molecule has 1 N–H and O–H groups in total. The molecule has 0 unspecified atom stereocenters. The zero-order valence-electron chi connectivity index (χ0n) is 15.4. The molecule has 0 radical (unpaired) electrons. The highest BCUT2D eigenvalue weighted by Crippen LogP contribution is 2.20. The summed E-state index contributed by atoms with van der Waals surface area (Å²) in [5, 5.41) is 7.27. The number of ether oxygens (including phenoxy) is 1. The molecule has 1 heterocycles. The van der Waals surface area contributed by atoms with Crippen molar-refractivity contribution in [3.8, 4) is 11.4 Å². The summed E-state index contributed by atoms with van der Waals surface area (Å²) in [6.07, 6.45) is 3.43. The molecule has 0 spiro atoms. The summed E-state index contributed by atoms with van der Waals surface area (Å²) in [5.41, 5.74) is 3.11. The summed E-state index contributed by atoms with van der Waals surface area (Å²) in [4.78, 5) is 12.3. The third kappa shape index (κ3) is 4.94. The molecule has 0 aliphatic carbocycles. The third-order valence-electron chi connectivity index (χ3n) is 4.28. The van der Waals surface area contributed by atoms with Crippen LogP contribution in [0.4, 0.5) is 8.78 Å². The van der Waals surface area contributed by atoms with Crippen LogP contribution >= 0.6 is 0 Å². The van der Waals surface area contributed by atoms with E-state index in [1.54, 1.807) is 12.1 Å². The van der Waals surface area contributed by atoms with Crippen LogP contribution in [0.2, 0.25) is 0 Å². The first-order valence-corrected chi connectivity index (χ1v) is 8.97. The van der Waals surface area contributed by atoms with Crippen LogP contribution in [-0.4, -0.2) is 28.8 Å². The molecule has 2 aromatic carbocycles. The molecule has 5 nitrogen and oxygen atoms in total. The number of nitrogens with zero attached hydrogens (tertiary/aromatic N) is 2. The molecular formula is C21H21F2N3O2. The fourth-order valence-corrected chi connectivity index (χ4v) is 2.88. The minimum atomic E-state index is -2.97. The average Bonchev–Trinajstić information content (AvgIpc) is 3.06. The van der Waals surface area contributed by atoms with Gasteiger partial charge in [-0.05, 0) is 49.6 Å². The van der Waals surface area contributed by atoms with E-state index in [-0.39, 0.29) is 11.3 Å². The molecule has 0 saturated heterocycles. The predicted molar refractivity (Wildman–Crippen MR) is 102 cm³/mol. The third-order valence-corrected chi connectivity index (χ3v) is 4.28. The first-order valence-electron chi connectivity index (χ1n) is 8.97. The number of benzene rings is 2. The lowest BCUT2D eigenvalue weighted by Gasteiger charge is -2.10. The van der Waals surface area contributed by atoms with E-state index in [0.29, 0.717) is 13.0 Å². The largest absolute Gasteiger partial charge is 0.434 e. The zero-order chi connectivity index (χ0) is 19.9. The molecule has 0 aliphatic rings. The fraction of sp³-hybridized carbons (Fsp3) is 0.238. The van der Waals surface area contributed by atoms with Crippen LogP contribution in [0.5, 0.6) is 5.75 Å². The number of nitrogens with one attached hydrogen (secondary N) is 1. The van der Waals surface area contributed by atoms with Gasteiger partial charge in [0.1, 0.15) is 5.75 Å². The predicted octanol–water partition coefficient (Wildman–Crippen LogP) is 4.14. The van der Waals surface area contributed by atoms with Gasteiger partial charge in [-0.2, -0.15) is 13.9 Å². The van der Waals surface area contributed by atoms with Gasteiger partial charge in [0.2, 0.25) is 0 Å². The molecule has 7 heteroatoms. The Morgan fingerprint density at radius 1 is 1.14 bits per heavy atom. The Labute approximate surface area is 161 Å². The van der Waals surface area contributed by atoms with E-state index in [1.807, 2.05) is 48.1 Å². The van der Waals surface area contributed by atoms with Gasteiger partial charge in [-0.15, -0.1) is 0 Å². The second-order valence-electron chi connectivity index (χ2n) is 6.25. The maximum atomic E-state index is 12.5.